The first kappa shape index (κ1) is 11.9. The first-order chi connectivity index (χ1) is 8.69. The summed E-state index contributed by atoms with van der Waals surface area (Å²) in [7, 11) is 1.84. The minimum Gasteiger partial charge on any atom is -0.457 e. The van der Waals surface area contributed by atoms with Crippen molar-refractivity contribution in [3.8, 4) is 11.5 Å². The van der Waals surface area contributed by atoms with Crippen molar-refractivity contribution in [1.29, 1.82) is 0 Å². The van der Waals surface area contributed by atoms with Crippen LogP contribution < -0.4 is 10.1 Å². The Morgan fingerprint density at radius 2 is 1.50 bits per heavy atom. The number of nitro groups is 1. The number of nitrogens with one attached hydrogen (secondary N) is 1. The smallest absolute Gasteiger partial charge is 0.269 e. The quantitative estimate of drug-likeness (QED) is 0.661. The molecule has 0 spiro atoms. The SMILES string of the molecule is CNc1ccc(Oc2ccc([N+](=O)[O-])cc2)cc1. The fourth-order valence-electron chi connectivity index (χ4n) is 1.46. The molecule has 0 aliphatic rings. The van der Waals surface area contributed by atoms with Crippen LogP contribution in [0.1, 0.15) is 0 Å². The van der Waals surface area contributed by atoms with Crippen LogP contribution in [0.4, 0.5) is 11.4 Å². The first-order valence-electron chi connectivity index (χ1n) is 5.39. The third-order valence-electron chi connectivity index (χ3n) is 2.43. The molecule has 2 rings (SSSR count). The summed E-state index contributed by atoms with van der Waals surface area (Å²) in [4.78, 5) is 10.1. The summed E-state index contributed by atoms with van der Waals surface area (Å²) in [6, 6.07) is 13.4. The predicted octanol–water partition coefficient (Wildman–Crippen LogP) is 3.43. The standard InChI is InChI=1S/C13H12N2O3/c1-14-10-2-6-12(7-3-10)18-13-8-4-11(5-9-13)15(16)17/h2-9,14H,1H3. The zero-order valence-corrected chi connectivity index (χ0v) is 9.79. The highest BCUT2D eigenvalue weighted by atomic mass is 16.6. The van der Waals surface area contributed by atoms with Gasteiger partial charge in [0.1, 0.15) is 11.5 Å². The highest BCUT2D eigenvalue weighted by Gasteiger charge is 2.04. The maximum absolute atomic E-state index is 10.5. The lowest BCUT2D eigenvalue weighted by Crippen LogP contribution is -1.89. The number of non-ortho nitro benzene ring substituents is 1. The van der Waals surface area contributed by atoms with Crippen molar-refractivity contribution >= 4 is 11.4 Å². The molecule has 2 aromatic rings. The van der Waals surface area contributed by atoms with E-state index in [4.69, 9.17) is 4.74 Å². The van der Waals surface area contributed by atoms with Crippen molar-refractivity contribution in [2.24, 2.45) is 0 Å². The highest BCUT2D eigenvalue weighted by Crippen LogP contribution is 2.24. The van der Waals surface area contributed by atoms with E-state index >= 15 is 0 Å². The molecular formula is C13H12N2O3. The lowest BCUT2D eigenvalue weighted by atomic mass is 10.3. The van der Waals surface area contributed by atoms with Crippen LogP contribution in [0.5, 0.6) is 11.5 Å². The summed E-state index contributed by atoms with van der Waals surface area (Å²) in [5.41, 5.74) is 1.04. The van der Waals surface area contributed by atoms with Gasteiger partial charge in [0.05, 0.1) is 4.92 Å². The number of hydrogen-bond donors (Lipinski definition) is 1. The Morgan fingerprint density at radius 1 is 1.00 bits per heavy atom. The second kappa shape index (κ2) is 5.18. The molecule has 0 bridgehead atoms. The Labute approximate surface area is 104 Å². The lowest BCUT2D eigenvalue weighted by molar-refractivity contribution is -0.384. The Morgan fingerprint density at radius 3 is 1.94 bits per heavy atom. The zero-order valence-electron chi connectivity index (χ0n) is 9.79. The van der Waals surface area contributed by atoms with E-state index in [9.17, 15) is 10.1 Å². The van der Waals surface area contributed by atoms with Gasteiger partial charge in [0.15, 0.2) is 0 Å². The molecule has 5 nitrogen and oxygen atoms in total. The number of rotatable bonds is 4. The molecule has 18 heavy (non-hydrogen) atoms. The van der Waals surface area contributed by atoms with Gasteiger partial charge in [-0.2, -0.15) is 0 Å². The van der Waals surface area contributed by atoms with E-state index in [2.05, 4.69) is 5.32 Å². The molecule has 0 aliphatic heterocycles. The van der Waals surface area contributed by atoms with E-state index in [-0.39, 0.29) is 5.69 Å². The number of anilines is 1. The second-order valence-corrected chi connectivity index (χ2v) is 3.63. The van der Waals surface area contributed by atoms with Gasteiger partial charge in [-0.1, -0.05) is 0 Å². The minimum atomic E-state index is -0.439. The van der Waals surface area contributed by atoms with Crippen molar-refractivity contribution in [3.05, 3.63) is 58.6 Å². The normalized spacial score (nSPS) is 9.83. The van der Waals surface area contributed by atoms with Crippen LogP contribution in [-0.4, -0.2) is 12.0 Å². The largest absolute Gasteiger partial charge is 0.457 e. The van der Waals surface area contributed by atoms with Crippen molar-refractivity contribution in [2.45, 2.75) is 0 Å². The minimum absolute atomic E-state index is 0.0490. The molecule has 5 heteroatoms. The number of benzene rings is 2. The fourth-order valence-corrected chi connectivity index (χ4v) is 1.46. The number of hydrogen-bond acceptors (Lipinski definition) is 4. The summed E-state index contributed by atoms with van der Waals surface area (Å²) in [5.74, 6) is 1.25. The van der Waals surface area contributed by atoms with E-state index in [1.807, 2.05) is 31.3 Å². The molecule has 0 heterocycles. The molecule has 0 amide bonds. The number of nitro benzene ring substituents is 1. The van der Waals surface area contributed by atoms with Gasteiger partial charge in [0.2, 0.25) is 0 Å². The van der Waals surface area contributed by atoms with Crippen LogP contribution in [-0.2, 0) is 0 Å². The van der Waals surface area contributed by atoms with Crippen LogP contribution in [0.3, 0.4) is 0 Å². The molecule has 1 N–H and O–H groups in total. The van der Waals surface area contributed by atoms with E-state index in [0.29, 0.717) is 11.5 Å². The van der Waals surface area contributed by atoms with Gasteiger partial charge in [-0.15, -0.1) is 0 Å². The summed E-state index contributed by atoms with van der Waals surface area (Å²) in [5, 5.41) is 13.5. The maximum atomic E-state index is 10.5. The molecular weight excluding hydrogens is 232 g/mol. The van der Waals surface area contributed by atoms with Gasteiger partial charge in [-0.05, 0) is 36.4 Å². The molecule has 0 saturated heterocycles. The Balaban J connectivity index is 2.10. The Kier molecular flexibility index (Phi) is 3.43. The van der Waals surface area contributed by atoms with Gasteiger partial charge >= 0.3 is 0 Å². The summed E-state index contributed by atoms with van der Waals surface area (Å²) in [6.45, 7) is 0. The monoisotopic (exact) mass is 244 g/mol. The van der Waals surface area contributed by atoms with Crippen LogP contribution in [0, 0.1) is 10.1 Å². The fraction of sp³-hybridized carbons (Fsp3) is 0.0769. The Bertz CT molecular complexity index is 535. The van der Waals surface area contributed by atoms with Crippen LogP contribution >= 0.6 is 0 Å². The maximum Gasteiger partial charge on any atom is 0.269 e. The number of ether oxygens (including phenoxy) is 1. The molecule has 0 atom stereocenters. The van der Waals surface area contributed by atoms with Crippen LogP contribution in [0.2, 0.25) is 0 Å². The molecule has 0 radical (unpaired) electrons. The van der Waals surface area contributed by atoms with E-state index in [0.717, 1.165) is 5.69 Å². The molecule has 92 valence electrons. The second-order valence-electron chi connectivity index (χ2n) is 3.63. The van der Waals surface area contributed by atoms with Gasteiger partial charge in [0, 0.05) is 24.9 Å². The van der Waals surface area contributed by atoms with Crippen LogP contribution in [0.15, 0.2) is 48.5 Å². The average Bonchev–Trinajstić information content (AvgIpc) is 2.40. The van der Waals surface area contributed by atoms with E-state index in [1.54, 1.807) is 12.1 Å². The molecule has 0 fully saturated rings. The van der Waals surface area contributed by atoms with Gasteiger partial charge in [-0.25, -0.2) is 0 Å². The van der Waals surface area contributed by atoms with E-state index in [1.165, 1.54) is 12.1 Å². The Hall–Kier alpha value is -2.56. The predicted molar refractivity (Wildman–Crippen MR) is 69.2 cm³/mol. The third kappa shape index (κ3) is 2.76. The first-order valence-corrected chi connectivity index (χ1v) is 5.39. The topological polar surface area (TPSA) is 64.4 Å². The summed E-state index contributed by atoms with van der Waals surface area (Å²) in [6.07, 6.45) is 0. The lowest BCUT2D eigenvalue weighted by Gasteiger charge is -2.06. The molecule has 0 saturated carbocycles. The van der Waals surface area contributed by atoms with Gasteiger partial charge in [0.25, 0.3) is 5.69 Å². The molecule has 0 aliphatic carbocycles. The average molecular weight is 244 g/mol. The van der Waals surface area contributed by atoms with Gasteiger partial charge < -0.3 is 10.1 Å². The van der Waals surface area contributed by atoms with Crippen molar-refractivity contribution < 1.29 is 9.66 Å². The molecule has 0 unspecified atom stereocenters. The third-order valence-corrected chi connectivity index (χ3v) is 2.43. The van der Waals surface area contributed by atoms with Crippen molar-refractivity contribution in [2.75, 3.05) is 12.4 Å². The van der Waals surface area contributed by atoms with Crippen molar-refractivity contribution in [3.63, 3.8) is 0 Å². The highest BCUT2D eigenvalue weighted by molar-refractivity contribution is 5.47. The van der Waals surface area contributed by atoms with Crippen molar-refractivity contribution in [1.82, 2.24) is 0 Å². The number of nitrogens with zero attached hydrogens (tertiary/aromatic N) is 1. The zero-order chi connectivity index (χ0) is 13.0. The van der Waals surface area contributed by atoms with Gasteiger partial charge in [-0.3, -0.25) is 10.1 Å². The van der Waals surface area contributed by atoms with E-state index < -0.39 is 4.92 Å². The summed E-state index contributed by atoms with van der Waals surface area (Å²) < 4.78 is 5.56. The molecule has 2 aromatic carbocycles. The van der Waals surface area contributed by atoms with Crippen LogP contribution in [0.25, 0.3) is 0 Å². The molecule has 0 aromatic heterocycles. The summed E-state index contributed by atoms with van der Waals surface area (Å²) >= 11 is 0.